The summed E-state index contributed by atoms with van der Waals surface area (Å²) in [7, 11) is 0. The van der Waals surface area contributed by atoms with Crippen LogP contribution >= 0.6 is 0 Å². The van der Waals surface area contributed by atoms with Crippen molar-refractivity contribution in [1.82, 2.24) is 10.2 Å². The fourth-order valence-electron chi connectivity index (χ4n) is 4.87. The van der Waals surface area contributed by atoms with Crippen LogP contribution in [0.15, 0.2) is 0 Å². The van der Waals surface area contributed by atoms with Crippen molar-refractivity contribution in [1.29, 1.82) is 0 Å². The average molecular weight is 439 g/mol. The molecule has 0 aromatic rings. The third-order valence-corrected chi connectivity index (χ3v) is 6.53. The molecule has 3 rings (SSSR count). The number of amides is 2. The molecule has 31 heavy (non-hydrogen) atoms. The van der Waals surface area contributed by atoms with Crippen LogP contribution in [0.5, 0.6) is 0 Å². The van der Waals surface area contributed by atoms with Gasteiger partial charge in [0.15, 0.2) is 0 Å². The fourth-order valence-corrected chi connectivity index (χ4v) is 4.87. The highest BCUT2D eigenvalue weighted by molar-refractivity contribution is 5.91. The highest BCUT2D eigenvalue weighted by Crippen LogP contribution is 2.43. The van der Waals surface area contributed by atoms with Crippen LogP contribution in [0, 0.1) is 11.8 Å². The summed E-state index contributed by atoms with van der Waals surface area (Å²) in [6.45, 7) is 11.6. The average Bonchev–Trinajstić information content (AvgIpc) is 3.05. The summed E-state index contributed by atoms with van der Waals surface area (Å²) in [6.07, 6.45) is 3.58. The van der Waals surface area contributed by atoms with E-state index < -0.39 is 29.9 Å². The minimum absolute atomic E-state index is 0.113. The quantitative estimate of drug-likeness (QED) is 0.614. The Hall–Kier alpha value is -1.83. The SMILES string of the molecule is CCOC(=O)[C@@H]1[C@H]2CCC[C@H]2CN1C(=O)[C@@H](NC(=O)OC(C)(C)C)[C@@H](C)OC1(C)CC1. The summed E-state index contributed by atoms with van der Waals surface area (Å²) in [6, 6.07) is -1.55. The lowest BCUT2D eigenvalue weighted by molar-refractivity contribution is -0.156. The van der Waals surface area contributed by atoms with Crippen LogP contribution in [0.3, 0.4) is 0 Å². The molecule has 8 nitrogen and oxygen atoms in total. The van der Waals surface area contributed by atoms with Crippen molar-refractivity contribution in [2.75, 3.05) is 13.2 Å². The number of nitrogens with zero attached hydrogens (tertiary/aromatic N) is 1. The van der Waals surface area contributed by atoms with Gasteiger partial charge >= 0.3 is 12.1 Å². The molecule has 0 unspecified atom stereocenters. The van der Waals surface area contributed by atoms with E-state index in [1.807, 2.05) is 6.92 Å². The van der Waals surface area contributed by atoms with Gasteiger partial charge in [-0.3, -0.25) is 4.79 Å². The molecule has 3 fully saturated rings. The Bertz CT molecular complexity index is 699. The molecule has 176 valence electrons. The zero-order chi connectivity index (χ0) is 23.0. The number of carbonyl (C=O) groups excluding carboxylic acids is 3. The lowest BCUT2D eigenvalue weighted by Crippen LogP contribution is -2.58. The molecule has 5 atom stereocenters. The molecule has 0 bridgehead atoms. The Labute approximate surface area is 185 Å². The first-order valence-corrected chi connectivity index (χ1v) is 11.6. The standard InChI is InChI=1S/C23H38N2O6/c1-7-29-20(27)18-16-10-8-9-15(16)13-25(18)19(26)17(14(2)30-23(6)11-12-23)24-21(28)31-22(3,4)5/h14-18H,7-13H2,1-6H3,(H,24,28)/t14-,15+,16+,17+,18+/m1/s1. The number of alkyl carbamates (subject to hydrolysis) is 1. The number of hydrogen-bond donors (Lipinski definition) is 1. The third-order valence-electron chi connectivity index (χ3n) is 6.53. The zero-order valence-electron chi connectivity index (χ0n) is 19.7. The van der Waals surface area contributed by atoms with E-state index >= 15 is 0 Å². The molecule has 2 saturated carbocycles. The van der Waals surface area contributed by atoms with Crippen LogP contribution in [-0.4, -0.2) is 65.4 Å². The van der Waals surface area contributed by atoms with Gasteiger partial charge < -0.3 is 24.4 Å². The van der Waals surface area contributed by atoms with Crippen molar-refractivity contribution < 1.29 is 28.6 Å². The lowest BCUT2D eigenvalue weighted by Gasteiger charge is -2.33. The second kappa shape index (κ2) is 8.96. The van der Waals surface area contributed by atoms with Gasteiger partial charge in [-0.2, -0.15) is 0 Å². The van der Waals surface area contributed by atoms with E-state index in [4.69, 9.17) is 14.2 Å². The number of ether oxygens (including phenoxy) is 3. The van der Waals surface area contributed by atoms with Gasteiger partial charge in [-0.05, 0) is 79.1 Å². The van der Waals surface area contributed by atoms with E-state index in [1.165, 1.54) is 0 Å². The highest BCUT2D eigenvalue weighted by Gasteiger charge is 2.52. The van der Waals surface area contributed by atoms with Gasteiger partial charge in [0.25, 0.3) is 0 Å². The molecule has 0 radical (unpaired) electrons. The number of fused-ring (bicyclic) bond motifs is 1. The van der Waals surface area contributed by atoms with Crippen LogP contribution in [0.25, 0.3) is 0 Å². The smallest absolute Gasteiger partial charge is 0.408 e. The van der Waals surface area contributed by atoms with E-state index in [0.29, 0.717) is 6.54 Å². The van der Waals surface area contributed by atoms with Crippen molar-refractivity contribution >= 4 is 18.0 Å². The molecule has 0 aromatic heterocycles. The number of likely N-dealkylation sites (tertiary alicyclic amines) is 1. The van der Waals surface area contributed by atoms with Crippen LogP contribution in [-0.2, 0) is 23.8 Å². The fraction of sp³-hybridized carbons (Fsp3) is 0.870. The molecule has 2 aliphatic carbocycles. The predicted octanol–water partition coefficient (Wildman–Crippen LogP) is 3.03. The number of rotatable bonds is 7. The van der Waals surface area contributed by atoms with Gasteiger partial charge in [-0.15, -0.1) is 0 Å². The maximum absolute atomic E-state index is 13.7. The second-order valence-corrected chi connectivity index (χ2v) is 10.4. The first-order chi connectivity index (χ1) is 14.4. The van der Waals surface area contributed by atoms with E-state index in [-0.39, 0.29) is 35.9 Å². The van der Waals surface area contributed by atoms with E-state index in [9.17, 15) is 14.4 Å². The van der Waals surface area contributed by atoms with Crippen molar-refractivity contribution in [2.45, 2.75) is 103 Å². The summed E-state index contributed by atoms with van der Waals surface area (Å²) in [5.41, 5.74) is -0.960. The van der Waals surface area contributed by atoms with Crippen molar-refractivity contribution in [2.24, 2.45) is 11.8 Å². The molecule has 1 saturated heterocycles. The molecular weight excluding hydrogens is 400 g/mol. The Kier molecular flexibility index (Phi) is 6.89. The first-order valence-electron chi connectivity index (χ1n) is 11.6. The molecule has 3 aliphatic rings. The maximum Gasteiger partial charge on any atom is 0.408 e. The summed E-state index contributed by atoms with van der Waals surface area (Å²) in [5, 5.41) is 2.73. The monoisotopic (exact) mass is 438 g/mol. The van der Waals surface area contributed by atoms with E-state index in [0.717, 1.165) is 32.1 Å². The summed E-state index contributed by atoms with van der Waals surface area (Å²) in [4.78, 5) is 40.6. The van der Waals surface area contributed by atoms with Crippen molar-refractivity contribution in [3.05, 3.63) is 0 Å². The number of carbonyl (C=O) groups is 3. The molecule has 1 N–H and O–H groups in total. The van der Waals surface area contributed by atoms with Gasteiger partial charge in [-0.25, -0.2) is 9.59 Å². The Balaban J connectivity index is 1.81. The summed E-state index contributed by atoms with van der Waals surface area (Å²) < 4.78 is 16.8. The van der Waals surface area contributed by atoms with Gasteiger partial charge in [0.2, 0.25) is 5.91 Å². The maximum atomic E-state index is 13.7. The predicted molar refractivity (Wildman–Crippen MR) is 114 cm³/mol. The molecule has 0 aromatic carbocycles. The van der Waals surface area contributed by atoms with Crippen LogP contribution in [0.4, 0.5) is 4.79 Å². The van der Waals surface area contributed by atoms with E-state index in [1.54, 1.807) is 39.5 Å². The Morgan fingerprint density at radius 2 is 1.87 bits per heavy atom. The minimum atomic E-state index is -0.942. The largest absolute Gasteiger partial charge is 0.464 e. The lowest BCUT2D eigenvalue weighted by atomic mass is 9.94. The minimum Gasteiger partial charge on any atom is -0.464 e. The Morgan fingerprint density at radius 1 is 1.19 bits per heavy atom. The topological polar surface area (TPSA) is 94.2 Å². The summed E-state index contributed by atoms with van der Waals surface area (Å²) >= 11 is 0. The zero-order valence-corrected chi connectivity index (χ0v) is 19.7. The second-order valence-electron chi connectivity index (χ2n) is 10.4. The highest BCUT2D eigenvalue weighted by atomic mass is 16.6. The third kappa shape index (κ3) is 5.70. The number of esters is 1. The number of nitrogens with one attached hydrogen (secondary N) is 1. The van der Waals surface area contributed by atoms with Crippen LogP contribution < -0.4 is 5.32 Å². The van der Waals surface area contributed by atoms with Crippen molar-refractivity contribution in [3.8, 4) is 0 Å². The van der Waals surface area contributed by atoms with E-state index in [2.05, 4.69) is 5.32 Å². The normalized spacial score (nSPS) is 28.5. The molecule has 1 aliphatic heterocycles. The Morgan fingerprint density at radius 3 is 2.45 bits per heavy atom. The summed E-state index contributed by atoms with van der Waals surface area (Å²) in [5.74, 6) is -0.265. The molecule has 0 spiro atoms. The molecule has 1 heterocycles. The van der Waals surface area contributed by atoms with Gasteiger partial charge in [0.1, 0.15) is 17.7 Å². The molecule has 8 heteroatoms. The van der Waals surface area contributed by atoms with Crippen molar-refractivity contribution in [3.63, 3.8) is 0 Å². The van der Waals surface area contributed by atoms with Crippen LogP contribution in [0.2, 0.25) is 0 Å². The van der Waals surface area contributed by atoms with Gasteiger partial charge in [0.05, 0.1) is 18.3 Å². The van der Waals surface area contributed by atoms with Gasteiger partial charge in [0, 0.05) is 6.54 Å². The number of hydrogen-bond acceptors (Lipinski definition) is 6. The molecule has 2 amide bonds. The van der Waals surface area contributed by atoms with Gasteiger partial charge in [-0.1, -0.05) is 6.42 Å². The first kappa shape index (κ1) is 23.8. The molecular formula is C23H38N2O6. The van der Waals surface area contributed by atoms with Crippen LogP contribution in [0.1, 0.15) is 73.6 Å².